The molecule has 7 N–H and O–H groups in total. The van der Waals surface area contributed by atoms with Crippen molar-refractivity contribution < 1.29 is 93.3 Å². The van der Waals surface area contributed by atoms with Gasteiger partial charge in [0.2, 0.25) is 0 Å². The van der Waals surface area contributed by atoms with Crippen molar-refractivity contribution in [2.45, 2.75) is 19.1 Å². The first kappa shape index (κ1) is 37.4. The topological polar surface area (TPSA) is 287 Å². The van der Waals surface area contributed by atoms with Gasteiger partial charge < -0.3 is 38.5 Å². The van der Waals surface area contributed by atoms with Crippen LogP contribution >= 0.6 is 0 Å². The lowest BCUT2D eigenvalue weighted by atomic mass is 10.2. The summed E-state index contributed by atoms with van der Waals surface area (Å²) < 4.78 is 34.3. The van der Waals surface area contributed by atoms with E-state index in [1.54, 1.807) is 0 Å². The van der Waals surface area contributed by atoms with Crippen molar-refractivity contribution in [3.8, 4) is 0 Å². The smallest absolute Gasteiger partial charge is 0.462 e. The fraction of sp³-hybridized carbons (Fsp3) is 0.824. The molecular formula is C17H34N4O19. The zero-order valence-electron chi connectivity index (χ0n) is 21.3. The second-order valence-corrected chi connectivity index (χ2v) is 6.65. The van der Waals surface area contributed by atoms with Gasteiger partial charge in [-0.1, -0.05) is 0 Å². The lowest BCUT2D eigenvalue weighted by Gasteiger charge is -2.23. The van der Waals surface area contributed by atoms with Crippen LogP contribution in [0.25, 0.3) is 0 Å². The second-order valence-electron chi connectivity index (χ2n) is 6.65. The molecule has 0 aromatic carbocycles. The lowest BCUT2D eigenvalue weighted by Crippen LogP contribution is -2.50. The number of carbonyl (C=O) groups excluding carboxylic acids is 3. The average Bonchev–Trinajstić information content (AvgIpc) is 2.87. The molecule has 0 spiro atoms. The fourth-order valence-electron chi connectivity index (χ4n) is 2.16. The van der Waals surface area contributed by atoms with Gasteiger partial charge >= 0.3 is 18.2 Å². The van der Waals surface area contributed by atoms with E-state index in [4.69, 9.17) is 64.4 Å². The molecule has 0 aromatic heterocycles. The molecule has 0 heterocycles. The summed E-state index contributed by atoms with van der Waals surface area (Å²) in [5, 5.41) is 50.8. The van der Waals surface area contributed by atoms with Crippen molar-refractivity contribution in [2.24, 2.45) is 0 Å². The molecule has 0 saturated carbocycles. The summed E-state index contributed by atoms with van der Waals surface area (Å²) in [5.74, 6) is -1.07. The van der Waals surface area contributed by atoms with Crippen LogP contribution in [0.4, 0.5) is 9.59 Å². The van der Waals surface area contributed by atoms with Crippen LogP contribution < -0.4 is 5.32 Å². The highest BCUT2D eigenvalue weighted by molar-refractivity contribution is 5.82. The van der Waals surface area contributed by atoms with Crippen LogP contribution in [0.15, 0.2) is 0 Å². The Morgan fingerprint density at radius 3 is 1.65 bits per heavy atom. The number of hydrogen-bond donors (Lipinski definition) is 7. The van der Waals surface area contributed by atoms with Crippen LogP contribution in [0.3, 0.4) is 0 Å². The summed E-state index contributed by atoms with van der Waals surface area (Å²) in [5.41, 5.74) is 0. The number of carbonyl (C=O) groups is 3. The molecule has 0 fully saturated rings. The molecule has 40 heavy (non-hydrogen) atoms. The number of alkyl carbamates (subject to hydrolysis) is 1. The molecule has 2 atom stereocenters. The van der Waals surface area contributed by atoms with Crippen LogP contribution in [0.1, 0.15) is 6.92 Å². The number of esters is 1. The Morgan fingerprint density at radius 2 is 1.10 bits per heavy atom. The third-order valence-corrected chi connectivity index (χ3v) is 3.78. The molecule has 236 valence electrons. The van der Waals surface area contributed by atoms with Crippen molar-refractivity contribution in [3.63, 3.8) is 0 Å². The molecule has 0 rings (SSSR count). The van der Waals surface area contributed by atoms with Crippen LogP contribution in [0.2, 0.25) is 0 Å². The van der Waals surface area contributed by atoms with Gasteiger partial charge in [-0.3, -0.25) is 31.2 Å². The average molecular weight is 598 g/mol. The van der Waals surface area contributed by atoms with Crippen LogP contribution in [-0.4, -0.2) is 151 Å². The standard InChI is InChI=1S/C17H34N4O19/c1-13(40-17(24)36-9-3-32-6-11-38-20(27)28)14(15(22)34-7-4-33-12-39-21(29)30)18-16(23)35-8-2-31-5-10-37-19(25)26/h13-14,25-30H,2-12H2,1H3,(H,18,23). The third-order valence-electron chi connectivity index (χ3n) is 3.78. The molecule has 0 aromatic rings. The van der Waals surface area contributed by atoms with Gasteiger partial charge in [-0.25, -0.2) is 28.9 Å². The Bertz CT molecular complexity index is 673. The van der Waals surface area contributed by atoms with E-state index in [2.05, 4.69) is 19.8 Å². The van der Waals surface area contributed by atoms with Gasteiger partial charge in [0.25, 0.3) is 0 Å². The van der Waals surface area contributed by atoms with E-state index in [0.29, 0.717) is 0 Å². The van der Waals surface area contributed by atoms with Gasteiger partial charge in [0, 0.05) is 0 Å². The first-order valence-corrected chi connectivity index (χ1v) is 11.1. The maximum Gasteiger partial charge on any atom is 0.508 e. The molecule has 0 saturated heterocycles. The summed E-state index contributed by atoms with van der Waals surface area (Å²) >= 11 is 0. The number of nitrogens with zero attached hydrogens (tertiary/aromatic N) is 3. The number of amides is 1. The van der Waals surface area contributed by atoms with Gasteiger partial charge in [0.05, 0.1) is 62.4 Å². The van der Waals surface area contributed by atoms with E-state index in [-0.39, 0.29) is 66.1 Å². The summed E-state index contributed by atoms with van der Waals surface area (Å²) in [7, 11) is 0. The highest BCUT2D eigenvalue weighted by atomic mass is 17.1. The zero-order chi connectivity index (χ0) is 30.2. The monoisotopic (exact) mass is 598 g/mol. The highest BCUT2D eigenvalue weighted by Gasteiger charge is 2.32. The van der Waals surface area contributed by atoms with Crippen LogP contribution in [-0.2, 0) is 52.5 Å². The quantitative estimate of drug-likeness (QED) is 0.0212. The molecule has 0 radical (unpaired) electrons. The molecule has 23 heteroatoms. The lowest BCUT2D eigenvalue weighted by molar-refractivity contribution is -0.506. The number of ether oxygens (including phenoxy) is 7. The van der Waals surface area contributed by atoms with Crippen molar-refractivity contribution in [3.05, 3.63) is 0 Å². The first-order valence-electron chi connectivity index (χ1n) is 11.1. The Hall–Kier alpha value is -2.59. The molecule has 0 aliphatic carbocycles. The van der Waals surface area contributed by atoms with E-state index >= 15 is 0 Å². The molecular weight excluding hydrogens is 564 g/mol. The Balaban J connectivity index is 4.62. The van der Waals surface area contributed by atoms with E-state index in [1.807, 2.05) is 0 Å². The third kappa shape index (κ3) is 23.3. The second kappa shape index (κ2) is 24.2. The predicted molar refractivity (Wildman–Crippen MR) is 113 cm³/mol. The normalized spacial score (nSPS) is 12.8. The summed E-state index contributed by atoms with van der Waals surface area (Å²) in [6, 6.07) is -1.58. The van der Waals surface area contributed by atoms with Crippen molar-refractivity contribution >= 4 is 18.2 Å². The van der Waals surface area contributed by atoms with E-state index in [1.165, 1.54) is 6.92 Å². The van der Waals surface area contributed by atoms with Crippen LogP contribution in [0.5, 0.6) is 0 Å². The minimum absolute atomic E-state index is 0.0663. The van der Waals surface area contributed by atoms with Crippen molar-refractivity contribution in [2.75, 3.05) is 72.9 Å². The molecule has 1 amide bonds. The number of rotatable bonds is 24. The fourth-order valence-corrected chi connectivity index (χ4v) is 2.16. The molecule has 0 bridgehead atoms. The molecule has 0 aliphatic heterocycles. The Kier molecular flexibility index (Phi) is 22.7. The summed E-state index contributed by atoms with van der Waals surface area (Å²) in [4.78, 5) is 49.2. The largest absolute Gasteiger partial charge is 0.508 e. The maximum atomic E-state index is 12.5. The van der Waals surface area contributed by atoms with Crippen molar-refractivity contribution in [1.82, 2.24) is 21.5 Å². The van der Waals surface area contributed by atoms with Crippen LogP contribution in [0, 0.1) is 0 Å². The van der Waals surface area contributed by atoms with Gasteiger partial charge in [-0.2, -0.15) is 0 Å². The summed E-state index contributed by atoms with van der Waals surface area (Å²) in [6.07, 6.45) is -3.68. The zero-order valence-corrected chi connectivity index (χ0v) is 21.3. The predicted octanol–water partition coefficient (Wildman–Crippen LogP) is -1.79. The number of hydrogen-bond acceptors (Lipinski definition) is 22. The first-order chi connectivity index (χ1) is 19.0. The molecule has 23 nitrogen and oxygen atoms in total. The highest BCUT2D eigenvalue weighted by Crippen LogP contribution is 2.05. The van der Waals surface area contributed by atoms with Gasteiger partial charge in [-0.15, -0.1) is 0 Å². The van der Waals surface area contributed by atoms with Gasteiger partial charge in [0.1, 0.15) is 25.9 Å². The van der Waals surface area contributed by atoms with Crippen molar-refractivity contribution in [1.29, 1.82) is 0 Å². The molecule has 0 aliphatic rings. The minimum atomic E-state index is -1.58. The maximum absolute atomic E-state index is 12.5. The van der Waals surface area contributed by atoms with E-state index in [0.717, 1.165) is 0 Å². The Morgan fingerprint density at radius 1 is 0.625 bits per heavy atom. The van der Waals surface area contributed by atoms with Gasteiger partial charge in [0.15, 0.2) is 12.8 Å². The SMILES string of the molecule is CC(OC(=O)OCCOCCON(O)O)C(NC(=O)OCCOCCON(O)O)C(=O)OCCOCON(O)O. The van der Waals surface area contributed by atoms with Gasteiger partial charge in [-0.05, 0) is 6.92 Å². The summed E-state index contributed by atoms with van der Waals surface area (Å²) in [6.45, 7) is -1.32. The minimum Gasteiger partial charge on any atom is -0.462 e. The van der Waals surface area contributed by atoms with E-state index in [9.17, 15) is 14.4 Å². The van der Waals surface area contributed by atoms with E-state index < -0.39 is 53.3 Å². The number of nitrogens with one attached hydrogen (secondary N) is 1. The molecule has 2 unspecified atom stereocenters. The Labute approximate surface area is 225 Å².